The molecule has 4 heterocycles. The van der Waals surface area contributed by atoms with Crippen molar-refractivity contribution in [3.63, 3.8) is 0 Å². The van der Waals surface area contributed by atoms with Gasteiger partial charge in [-0.25, -0.2) is 4.98 Å². The molecule has 0 aliphatic carbocycles. The van der Waals surface area contributed by atoms with Gasteiger partial charge in [-0.2, -0.15) is 0 Å². The highest BCUT2D eigenvalue weighted by atomic mass is 16.5. The van der Waals surface area contributed by atoms with Crippen molar-refractivity contribution in [2.24, 2.45) is 0 Å². The number of aryl methyl sites for hydroxylation is 1. The minimum atomic E-state index is 0.295. The molecule has 27 heavy (non-hydrogen) atoms. The van der Waals surface area contributed by atoms with Crippen molar-refractivity contribution in [1.82, 2.24) is 24.8 Å². The van der Waals surface area contributed by atoms with E-state index in [4.69, 9.17) is 4.74 Å². The molecule has 0 N–H and O–H groups in total. The van der Waals surface area contributed by atoms with Gasteiger partial charge >= 0.3 is 0 Å². The molecule has 0 amide bonds. The van der Waals surface area contributed by atoms with Crippen LogP contribution in [0.15, 0.2) is 55.1 Å². The second-order valence-corrected chi connectivity index (χ2v) is 6.83. The molecule has 1 aliphatic rings. The summed E-state index contributed by atoms with van der Waals surface area (Å²) in [6.45, 7) is 4.79. The molecular weight excluding hydrogens is 338 g/mol. The normalized spacial score (nSPS) is 17.6. The van der Waals surface area contributed by atoms with Crippen LogP contribution >= 0.6 is 0 Å². The van der Waals surface area contributed by atoms with Gasteiger partial charge in [0.05, 0.1) is 11.4 Å². The molecule has 4 rings (SSSR count). The predicted octanol–water partition coefficient (Wildman–Crippen LogP) is 3.75. The van der Waals surface area contributed by atoms with E-state index in [1.165, 1.54) is 0 Å². The minimum Gasteiger partial charge on any atom is -0.435 e. The fraction of sp³-hybridized carbons (Fsp3) is 0.333. The van der Waals surface area contributed by atoms with Crippen LogP contribution in [0, 0.1) is 6.92 Å². The van der Waals surface area contributed by atoms with Crippen LogP contribution in [-0.4, -0.2) is 37.9 Å². The number of likely N-dealkylation sites (tertiary alicyclic amines) is 1. The summed E-state index contributed by atoms with van der Waals surface area (Å²) in [5.41, 5.74) is 2.86. The lowest BCUT2D eigenvalue weighted by Gasteiger charge is -2.32. The second kappa shape index (κ2) is 8.22. The predicted molar refractivity (Wildman–Crippen MR) is 103 cm³/mol. The van der Waals surface area contributed by atoms with E-state index in [0.29, 0.717) is 11.8 Å². The van der Waals surface area contributed by atoms with E-state index in [9.17, 15) is 0 Å². The van der Waals surface area contributed by atoms with Crippen molar-refractivity contribution in [2.75, 3.05) is 13.1 Å². The maximum atomic E-state index is 6.08. The number of pyridine rings is 2. The highest BCUT2D eigenvalue weighted by Crippen LogP contribution is 2.33. The zero-order valence-electron chi connectivity index (χ0n) is 15.5. The fourth-order valence-corrected chi connectivity index (χ4v) is 3.52. The number of piperidine rings is 1. The lowest BCUT2D eigenvalue weighted by molar-refractivity contribution is 0.194. The third-order valence-corrected chi connectivity index (χ3v) is 4.86. The number of aromatic nitrogens is 4. The molecule has 1 atom stereocenters. The van der Waals surface area contributed by atoms with Crippen molar-refractivity contribution >= 4 is 0 Å². The van der Waals surface area contributed by atoms with Gasteiger partial charge in [0.1, 0.15) is 5.69 Å². The van der Waals surface area contributed by atoms with Gasteiger partial charge in [0, 0.05) is 43.8 Å². The Kier molecular flexibility index (Phi) is 5.34. The summed E-state index contributed by atoms with van der Waals surface area (Å²) in [5.74, 6) is 1.60. The van der Waals surface area contributed by atoms with Gasteiger partial charge in [-0.3, -0.25) is 19.9 Å². The number of hydrogen-bond donors (Lipinski definition) is 0. The standard InChI is InChI=1S/C21H23N5O/c1-16-19(8-4-10-22-16)27-21-20(24-11-12-25-21)17-6-5-13-26(14-17)15-18-7-2-3-9-23-18/h2-4,7-12,17H,5-6,13-15H2,1H3/t17-/m0/s1. The van der Waals surface area contributed by atoms with Crippen LogP contribution in [0.3, 0.4) is 0 Å². The van der Waals surface area contributed by atoms with Gasteiger partial charge in [0.2, 0.25) is 5.88 Å². The first-order chi connectivity index (χ1) is 13.3. The van der Waals surface area contributed by atoms with Crippen molar-refractivity contribution < 1.29 is 4.74 Å². The largest absolute Gasteiger partial charge is 0.435 e. The zero-order chi connectivity index (χ0) is 18.5. The first-order valence-electron chi connectivity index (χ1n) is 9.32. The molecule has 6 nitrogen and oxygen atoms in total. The maximum Gasteiger partial charge on any atom is 0.241 e. The quantitative estimate of drug-likeness (QED) is 0.690. The summed E-state index contributed by atoms with van der Waals surface area (Å²) in [4.78, 5) is 20.3. The molecule has 138 valence electrons. The summed E-state index contributed by atoms with van der Waals surface area (Å²) in [6, 6.07) is 9.84. The van der Waals surface area contributed by atoms with E-state index in [1.54, 1.807) is 18.6 Å². The van der Waals surface area contributed by atoms with Gasteiger partial charge in [-0.1, -0.05) is 6.07 Å². The molecule has 0 saturated carbocycles. The highest BCUT2D eigenvalue weighted by molar-refractivity contribution is 5.33. The molecule has 0 aromatic carbocycles. The molecule has 1 saturated heterocycles. The van der Waals surface area contributed by atoms with Crippen LogP contribution in [0.1, 0.15) is 35.8 Å². The topological polar surface area (TPSA) is 64.0 Å². The summed E-state index contributed by atoms with van der Waals surface area (Å²) in [6.07, 6.45) is 9.24. The molecule has 6 heteroatoms. The Balaban J connectivity index is 1.52. The van der Waals surface area contributed by atoms with Crippen LogP contribution in [0.4, 0.5) is 0 Å². The molecular formula is C21H23N5O. The van der Waals surface area contributed by atoms with Gasteiger partial charge in [-0.15, -0.1) is 0 Å². The second-order valence-electron chi connectivity index (χ2n) is 6.83. The molecule has 3 aromatic rings. The summed E-state index contributed by atoms with van der Waals surface area (Å²) in [5, 5.41) is 0. The third-order valence-electron chi connectivity index (χ3n) is 4.86. The van der Waals surface area contributed by atoms with Crippen molar-refractivity contribution in [3.8, 4) is 11.6 Å². The first kappa shape index (κ1) is 17.5. The van der Waals surface area contributed by atoms with E-state index in [2.05, 4.69) is 30.9 Å². The number of hydrogen-bond acceptors (Lipinski definition) is 6. The molecule has 0 unspecified atom stereocenters. The summed E-state index contributed by atoms with van der Waals surface area (Å²) in [7, 11) is 0. The lowest BCUT2D eigenvalue weighted by Crippen LogP contribution is -2.34. The Morgan fingerprint density at radius 1 is 1.00 bits per heavy atom. The Morgan fingerprint density at radius 3 is 2.74 bits per heavy atom. The molecule has 0 bridgehead atoms. The molecule has 3 aromatic heterocycles. The minimum absolute atomic E-state index is 0.295. The number of ether oxygens (including phenoxy) is 1. The van der Waals surface area contributed by atoms with Crippen molar-refractivity contribution in [1.29, 1.82) is 0 Å². The average Bonchev–Trinajstić information content (AvgIpc) is 2.71. The van der Waals surface area contributed by atoms with Crippen molar-refractivity contribution in [3.05, 3.63) is 72.2 Å². The molecule has 0 spiro atoms. The summed E-state index contributed by atoms with van der Waals surface area (Å²) < 4.78 is 6.08. The van der Waals surface area contributed by atoms with Crippen LogP contribution in [-0.2, 0) is 6.54 Å². The van der Waals surface area contributed by atoms with Gasteiger partial charge in [0.25, 0.3) is 0 Å². The first-order valence-corrected chi connectivity index (χ1v) is 9.32. The van der Waals surface area contributed by atoms with Crippen LogP contribution < -0.4 is 4.74 Å². The van der Waals surface area contributed by atoms with E-state index in [1.807, 2.05) is 37.4 Å². The molecule has 1 aliphatic heterocycles. The van der Waals surface area contributed by atoms with Gasteiger partial charge < -0.3 is 4.74 Å². The average molecular weight is 361 g/mol. The maximum absolute atomic E-state index is 6.08. The number of nitrogens with zero attached hydrogens (tertiary/aromatic N) is 5. The van der Waals surface area contributed by atoms with Gasteiger partial charge in [-0.05, 0) is 50.6 Å². The monoisotopic (exact) mass is 361 g/mol. The Bertz CT molecular complexity index is 887. The lowest BCUT2D eigenvalue weighted by atomic mass is 9.94. The molecule has 0 radical (unpaired) electrons. The fourth-order valence-electron chi connectivity index (χ4n) is 3.52. The SMILES string of the molecule is Cc1ncccc1Oc1nccnc1[C@H]1CCCN(Cc2ccccn2)C1. The van der Waals surface area contributed by atoms with Crippen LogP contribution in [0.25, 0.3) is 0 Å². The van der Waals surface area contributed by atoms with Crippen LogP contribution in [0.5, 0.6) is 11.6 Å². The Morgan fingerprint density at radius 2 is 1.89 bits per heavy atom. The Labute approximate surface area is 159 Å². The third kappa shape index (κ3) is 4.28. The Hall–Kier alpha value is -2.86. The zero-order valence-corrected chi connectivity index (χ0v) is 15.5. The van der Waals surface area contributed by atoms with E-state index < -0.39 is 0 Å². The smallest absolute Gasteiger partial charge is 0.241 e. The number of rotatable bonds is 5. The molecule has 1 fully saturated rings. The highest BCUT2D eigenvalue weighted by Gasteiger charge is 2.26. The van der Waals surface area contributed by atoms with E-state index in [-0.39, 0.29) is 0 Å². The van der Waals surface area contributed by atoms with Crippen molar-refractivity contribution in [2.45, 2.75) is 32.2 Å². The summed E-state index contributed by atoms with van der Waals surface area (Å²) >= 11 is 0. The van der Waals surface area contributed by atoms with Crippen LogP contribution in [0.2, 0.25) is 0 Å². The van der Waals surface area contributed by atoms with Gasteiger partial charge in [0.15, 0.2) is 5.75 Å². The van der Waals surface area contributed by atoms with E-state index >= 15 is 0 Å². The van der Waals surface area contributed by atoms with E-state index in [0.717, 1.165) is 55.3 Å².